The largest absolute Gasteiger partial charge is 0.309 e. The summed E-state index contributed by atoms with van der Waals surface area (Å²) in [5.41, 5.74) is 10.4. The standard InChI is InChI=1S/C65H45N3S/c1-40-27-32-58(66-65(43-30-28-42(29-31-43)41-15-3-2-4-16-41)67-64(40)55-35-48-21-9-10-22-50(48)51-23-11-12-24-52(51)55)56-38-49(39-62-63(56)57-34-45-18-6-8-20-47(45)37-61(57)69-62)68-59-26-14-13-25-53(59)54-33-44-17-5-7-19-46(44)36-60(54)68/h2-26,28-31,33-40,64H,27,32H2,1H3/b66-58+,67-65-. The van der Waals surface area contributed by atoms with Gasteiger partial charge in [-0.15, -0.1) is 11.3 Å². The zero-order chi connectivity index (χ0) is 45.6. The average Bonchev–Trinajstić information content (AvgIpc) is 3.92. The molecule has 2 atom stereocenters. The lowest BCUT2D eigenvalue weighted by Crippen LogP contribution is -2.18. The van der Waals surface area contributed by atoms with Gasteiger partial charge in [0, 0.05) is 47.8 Å². The summed E-state index contributed by atoms with van der Waals surface area (Å²) < 4.78 is 5.03. The third kappa shape index (κ3) is 6.62. The quantitative estimate of drug-likeness (QED) is 0.154. The van der Waals surface area contributed by atoms with Crippen LogP contribution in [0.25, 0.3) is 102 Å². The van der Waals surface area contributed by atoms with Crippen molar-refractivity contribution in [3.63, 3.8) is 0 Å². The van der Waals surface area contributed by atoms with Gasteiger partial charge in [-0.3, -0.25) is 4.99 Å². The number of para-hydroxylation sites is 1. The highest BCUT2D eigenvalue weighted by Crippen LogP contribution is 2.44. The molecule has 2 aromatic heterocycles. The van der Waals surface area contributed by atoms with Crippen molar-refractivity contribution in [1.29, 1.82) is 0 Å². The molecule has 0 radical (unpaired) electrons. The van der Waals surface area contributed by atoms with E-state index in [1.54, 1.807) is 0 Å². The van der Waals surface area contributed by atoms with E-state index in [-0.39, 0.29) is 12.0 Å². The number of amidine groups is 1. The van der Waals surface area contributed by atoms with Gasteiger partial charge in [0.05, 0.1) is 22.8 Å². The fraction of sp³-hybridized carbons (Fsp3) is 0.0769. The van der Waals surface area contributed by atoms with E-state index in [4.69, 9.17) is 9.98 Å². The average molecular weight is 900 g/mol. The number of rotatable bonds is 5. The van der Waals surface area contributed by atoms with Gasteiger partial charge in [0.1, 0.15) is 0 Å². The molecule has 0 saturated heterocycles. The van der Waals surface area contributed by atoms with Crippen molar-refractivity contribution in [2.75, 3.05) is 0 Å². The number of aliphatic imine (C=N–C) groups is 2. The summed E-state index contributed by atoms with van der Waals surface area (Å²) in [6.07, 6.45) is 1.72. The van der Waals surface area contributed by atoms with Crippen LogP contribution in [0.5, 0.6) is 0 Å². The molecule has 0 amide bonds. The first-order valence-corrected chi connectivity index (χ1v) is 24.9. The van der Waals surface area contributed by atoms with Crippen LogP contribution in [0.1, 0.15) is 42.5 Å². The number of aromatic nitrogens is 1. The van der Waals surface area contributed by atoms with E-state index in [1.807, 2.05) is 11.3 Å². The van der Waals surface area contributed by atoms with E-state index >= 15 is 0 Å². The molecular formula is C65H45N3S. The van der Waals surface area contributed by atoms with Crippen molar-refractivity contribution in [1.82, 2.24) is 4.57 Å². The molecular weight excluding hydrogens is 855 g/mol. The van der Waals surface area contributed by atoms with Crippen LogP contribution in [0.3, 0.4) is 0 Å². The fourth-order valence-electron chi connectivity index (χ4n) is 11.3. The summed E-state index contributed by atoms with van der Waals surface area (Å²) in [5.74, 6) is 0.983. The lowest BCUT2D eigenvalue weighted by atomic mass is 9.84. The molecule has 13 aromatic rings. The number of benzene rings is 11. The van der Waals surface area contributed by atoms with Crippen molar-refractivity contribution in [3.05, 3.63) is 235 Å². The molecule has 1 aliphatic heterocycles. The van der Waals surface area contributed by atoms with Gasteiger partial charge in [0.15, 0.2) is 5.84 Å². The molecule has 0 spiro atoms. The predicted molar refractivity (Wildman–Crippen MR) is 296 cm³/mol. The maximum absolute atomic E-state index is 5.88. The van der Waals surface area contributed by atoms with Gasteiger partial charge in [0.25, 0.3) is 0 Å². The predicted octanol–water partition coefficient (Wildman–Crippen LogP) is 17.8. The Bertz CT molecular complexity index is 4270. The molecule has 69 heavy (non-hydrogen) atoms. The van der Waals surface area contributed by atoms with Crippen molar-refractivity contribution >= 4 is 108 Å². The van der Waals surface area contributed by atoms with Gasteiger partial charge >= 0.3 is 0 Å². The molecule has 0 N–H and O–H groups in total. The van der Waals surface area contributed by atoms with Crippen LogP contribution in [-0.4, -0.2) is 16.1 Å². The first kappa shape index (κ1) is 39.9. The minimum atomic E-state index is -0.110. The zero-order valence-corrected chi connectivity index (χ0v) is 38.9. The first-order chi connectivity index (χ1) is 34.1. The number of nitrogens with zero attached hydrogens (tertiary/aromatic N) is 3. The lowest BCUT2D eigenvalue weighted by Gasteiger charge is -2.27. The van der Waals surface area contributed by atoms with Gasteiger partial charge in [-0.2, -0.15) is 0 Å². The minimum absolute atomic E-state index is 0.110. The summed E-state index contributed by atoms with van der Waals surface area (Å²) in [6, 6.07) is 80.3. The third-order valence-corrected chi connectivity index (χ3v) is 15.9. The van der Waals surface area contributed by atoms with Crippen LogP contribution in [-0.2, 0) is 0 Å². The molecule has 0 bridgehead atoms. The van der Waals surface area contributed by atoms with E-state index in [2.05, 4.69) is 230 Å². The molecule has 11 aromatic carbocycles. The SMILES string of the molecule is CC1CC/C(c2cc(-n3c4ccccc4c4cc5ccccc5cc43)cc3sc4cc5ccccc5cc4c23)=N\C(c2ccc(-c3ccccc3)cc2)=N/C1c1cc2ccccc2c2ccccc12. The Hall–Kier alpha value is -8.18. The summed E-state index contributed by atoms with van der Waals surface area (Å²) in [6.45, 7) is 2.40. The van der Waals surface area contributed by atoms with Crippen LogP contribution in [0.4, 0.5) is 0 Å². The number of fused-ring (bicyclic) bond motifs is 11. The monoisotopic (exact) mass is 899 g/mol. The summed E-state index contributed by atoms with van der Waals surface area (Å²) in [7, 11) is 0. The number of hydrogen-bond acceptors (Lipinski definition) is 3. The van der Waals surface area contributed by atoms with Crippen LogP contribution in [0.15, 0.2) is 228 Å². The maximum atomic E-state index is 5.88. The molecule has 3 nitrogen and oxygen atoms in total. The van der Waals surface area contributed by atoms with Crippen molar-refractivity contribution < 1.29 is 0 Å². The Morgan fingerprint density at radius 3 is 1.81 bits per heavy atom. The molecule has 2 unspecified atom stereocenters. The molecule has 326 valence electrons. The smallest absolute Gasteiger partial charge is 0.155 e. The van der Waals surface area contributed by atoms with E-state index in [1.165, 1.54) is 107 Å². The Balaban J connectivity index is 1.04. The molecule has 0 fully saturated rings. The number of hydrogen-bond donors (Lipinski definition) is 0. The minimum Gasteiger partial charge on any atom is -0.309 e. The highest BCUT2D eigenvalue weighted by Gasteiger charge is 2.28. The highest BCUT2D eigenvalue weighted by molar-refractivity contribution is 7.26. The fourth-order valence-corrected chi connectivity index (χ4v) is 12.5. The Morgan fingerprint density at radius 1 is 0.449 bits per heavy atom. The van der Waals surface area contributed by atoms with Gasteiger partial charge in [-0.1, -0.05) is 177 Å². The van der Waals surface area contributed by atoms with Crippen LogP contribution in [0, 0.1) is 5.92 Å². The van der Waals surface area contributed by atoms with Crippen molar-refractivity contribution in [2.45, 2.75) is 25.8 Å². The second-order valence-electron chi connectivity index (χ2n) is 18.9. The van der Waals surface area contributed by atoms with Gasteiger partial charge in [-0.25, -0.2) is 4.99 Å². The van der Waals surface area contributed by atoms with Crippen LogP contribution >= 0.6 is 11.3 Å². The second-order valence-corrected chi connectivity index (χ2v) is 20.0. The Morgan fingerprint density at radius 2 is 1.04 bits per heavy atom. The second kappa shape index (κ2) is 16.0. The molecule has 3 heterocycles. The molecule has 4 heteroatoms. The maximum Gasteiger partial charge on any atom is 0.155 e. The Kier molecular flexibility index (Phi) is 9.25. The summed E-state index contributed by atoms with van der Waals surface area (Å²) >= 11 is 1.89. The van der Waals surface area contributed by atoms with Gasteiger partial charge < -0.3 is 4.57 Å². The number of thiophene rings is 1. The summed E-state index contributed by atoms with van der Waals surface area (Å²) in [5, 5.41) is 15.0. The Labute approximate surface area is 404 Å². The van der Waals surface area contributed by atoms with E-state index in [0.717, 1.165) is 35.6 Å². The lowest BCUT2D eigenvalue weighted by molar-refractivity contribution is 0.449. The van der Waals surface area contributed by atoms with Crippen molar-refractivity contribution in [2.24, 2.45) is 15.9 Å². The molecule has 0 aliphatic carbocycles. The topological polar surface area (TPSA) is 29.6 Å². The van der Waals surface area contributed by atoms with Gasteiger partial charge in [0.2, 0.25) is 0 Å². The summed E-state index contributed by atoms with van der Waals surface area (Å²) in [4.78, 5) is 11.8. The van der Waals surface area contributed by atoms with E-state index < -0.39 is 0 Å². The van der Waals surface area contributed by atoms with E-state index in [9.17, 15) is 0 Å². The van der Waals surface area contributed by atoms with Crippen LogP contribution in [0.2, 0.25) is 0 Å². The van der Waals surface area contributed by atoms with Gasteiger partial charge in [-0.05, 0) is 127 Å². The van der Waals surface area contributed by atoms with E-state index in [0.29, 0.717) is 0 Å². The van der Waals surface area contributed by atoms with Crippen LogP contribution < -0.4 is 0 Å². The molecule has 14 rings (SSSR count). The third-order valence-electron chi connectivity index (χ3n) is 14.8. The van der Waals surface area contributed by atoms with Crippen molar-refractivity contribution in [3.8, 4) is 16.8 Å². The normalized spacial score (nSPS) is 17.2. The zero-order valence-electron chi connectivity index (χ0n) is 38.1. The molecule has 0 saturated carbocycles. The molecule has 1 aliphatic rings. The first-order valence-electron chi connectivity index (χ1n) is 24.1. The highest BCUT2D eigenvalue weighted by atomic mass is 32.1.